The molecule has 0 bridgehead atoms. The van der Waals surface area contributed by atoms with Gasteiger partial charge in [-0.2, -0.15) is 0 Å². The molecule has 0 amide bonds. The monoisotopic (exact) mass is 318 g/mol. The summed E-state index contributed by atoms with van der Waals surface area (Å²) in [6, 6.07) is 0. The molecule has 0 saturated heterocycles. The smallest absolute Gasteiger partial charge is 0.0782 e. The number of nitrogens with zero attached hydrogens (tertiary/aromatic N) is 1. The van der Waals surface area contributed by atoms with E-state index in [1.807, 2.05) is 0 Å². The van der Waals surface area contributed by atoms with Crippen LogP contribution >= 0.6 is 11.6 Å². The average molecular weight is 319 g/mol. The molecule has 0 unspecified atom stereocenters. The number of alkyl halides is 1. The Morgan fingerprint density at radius 1 is 0.571 bits per heavy atom. The molecule has 0 aliphatic carbocycles. The van der Waals surface area contributed by atoms with E-state index in [4.69, 9.17) is 11.6 Å². The number of quaternary nitrogens is 1. The van der Waals surface area contributed by atoms with Crippen LogP contribution < -0.4 is 0 Å². The van der Waals surface area contributed by atoms with Crippen molar-refractivity contribution in [3.8, 4) is 0 Å². The topological polar surface area (TPSA) is 0 Å². The molecule has 0 heterocycles. The van der Waals surface area contributed by atoms with E-state index < -0.39 is 0 Å². The molecule has 0 aliphatic rings. The number of halogens is 1. The van der Waals surface area contributed by atoms with E-state index in [2.05, 4.69) is 21.0 Å². The Morgan fingerprint density at radius 3 is 1.38 bits per heavy atom. The third-order valence-corrected chi connectivity index (χ3v) is 4.78. The lowest BCUT2D eigenvalue weighted by Gasteiger charge is -2.30. The molecule has 0 N–H and O–H groups in total. The minimum Gasteiger partial charge on any atom is -0.328 e. The van der Waals surface area contributed by atoms with Gasteiger partial charge < -0.3 is 4.48 Å². The van der Waals surface area contributed by atoms with Gasteiger partial charge in [0.1, 0.15) is 0 Å². The van der Waals surface area contributed by atoms with Crippen LogP contribution in [-0.4, -0.2) is 37.5 Å². The minimum absolute atomic E-state index is 0.825. The van der Waals surface area contributed by atoms with Gasteiger partial charge in [-0.25, -0.2) is 0 Å². The molecule has 0 atom stereocenters. The summed E-state index contributed by atoms with van der Waals surface area (Å²) in [6.07, 6.45) is 18.2. The highest BCUT2D eigenvalue weighted by Gasteiger charge is 2.13. The van der Waals surface area contributed by atoms with Crippen LogP contribution in [-0.2, 0) is 0 Å². The maximum absolute atomic E-state index is 5.73. The van der Waals surface area contributed by atoms with Crippen molar-refractivity contribution in [2.24, 2.45) is 0 Å². The van der Waals surface area contributed by atoms with E-state index in [1.54, 1.807) is 0 Å². The third kappa shape index (κ3) is 16.4. The Bertz CT molecular complexity index is 204. The third-order valence-electron chi connectivity index (χ3n) is 4.51. The van der Waals surface area contributed by atoms with E-state index in [1.165, 1.54) is 101 Å². The number of hydrogen-bond acceptors (Lipinski definition) is 0. The van der Waals surface area contributed by atoms with Crippen LogP contribution in [0.1, 0.15) is 90.4 Å². The summed E-state index contributed by atoms with van der Waals surface area (Å²) in [6.45, 7) is 4.95. The van der Waals surface area contributed by atoms with Crippen molar-refractivity contribution in [3.05, 3.63) is 0 Å². The summed E-state index contributed by atoms with van der Waals surface area (Å²) >= 11 is 5.73. The predicted molar refractivity (Wildman–Crippen MR) is 98.3 cm³/mol. The van der Waals surface area contributed by atoms with Gasteiger partial charge in [-0.05, 0) is 32.1 Å². The van der Waals surface area contributed by atoms with Gasteiger partial charge >= 0.3 is 0 Å². The van der Waals surface area contributed by atoms with Gasteiger partial charge in [0.05, 0.1) is 27.2 Å². The maximum Gasteiger partial charge on any atom is 0.0782 e. The van der Waals surface area contributed by atoms with Crippen molar-refractivity contribution in [1.82, 2.24) is 0 Å². The second-order valence-electron chi connectivity index (χ2n) is 7.31. The van der Waals surface area contributed by atoms with Crippen LogP contribution in [0, 0.1) is 0 Å². The first-order valence-electron chi connectivity index (χ1n) is 9.50. The number of rotatable bonds is 16. The molecule has 0 aromatic carbocycles. The SMILES string of the molecule is CCCCCCCCCCCC[N+](C)(C)CCCCCCl. The van der Waals surface area contributed by atoms with Gasteiger partial charge in [-0.1, -0.05) is 58.3 Å². The summed E-state index contributed by atoms with van der Waals surface area (Å²) in [5.41, 5.74) is 0. The van der Waals surface area contributed by atoms with Crippen molar-refractivity contribution in [2.45, 2.75) is 90.4 Å². The van der Waals surface area contributed by atoms with Crippen LogP contribution in [0.25, 0.3) is 0 Å². The molecule has 21 heavy (non-hydrogen) atoms. The lowest BCUT2D eigenvalue weighted by atomic mass is 10.1. The van der Waals surface area contributed by atoms with E-state index in [9.17, 15) is 0 Å². The molecule has 0 aromatic heterocycles. The molecular weight excluding hydrogens is 278 g/mol. The normalized spacial score (nSPS) is 12.0. The lowest BCUT2D eigenvalue weighted by molar-refractivity contribution is -0.890. The Balaban J connectivity index is 3.28. The first-order chi connectivity index (χ1) is 10.1. The molecule has 0 aromatic rings. The van der Waals surface area contributed by atoms with Crippen LogP contribution in [0.4, 0.5) is 0 Å². The van der Waals surface area contributed by atoms with Gasteiger partial charge in [-0.15, -0.1) is 11.6 Å². The quantitative estimate of drug-likeness (QED) is 0.176. The molecule has 2 heteroatoms. The molecular formula is C19H41ClN+. The first kappa shape index (κ1) is 21.2. The zero-order valence-corrected chi connectivity index (χ0v) is 15.9. The van der Waals surface area contributed by atoms with Gasteiger partial charge in [-0.3, -0.25) is 0 Å². The molecule has 0 fully saturated rings. The van der Waals surface area contributed by atoms with Crippen molar-refractivity contribution >= 4 is 11.6 Å². The van der Waals surface area contributed by atoms with Crippen molar-refractivity contribution < 1.29 is 4.48 Å². The van der Waals surface area contributed by atoms with Gasteiger partial charge in [0.15, 0.2) is 0 Å². The van der Waals surface area contributed by atoms with Gasteiger partial charge in [0.2, 0.25) is 0 Å². The van der Waals surface area contributed by atoms with Crippen molar-refractivity contribution in [1.29, 1.82) is 0 Å². The van der Waals surface area contributed by atoms with Gasteiger partial charge in [0, 0.05) is 5.88 Å². The summed E-state index contributed by atoms with van der Waals surface area (Å²) in [5, 5.41) is 0. The molecule has 0 saturated carbocycles. The summed E-state index contributed by atoms with van der Waals surface area (Å²) < 4.78 is 1.19. The molecule has 128 valence electrons. The first-order valence-corrected chi connectivity index (χ1v) is 10.0. The molecule has 0 aliphatic heterocycles. The summed E-state index contributed by atoms with van der Waals surface area (Å²) in [5.74, 6) is 0.825. The maximum atomic E-state index is 5.73. The van der Waals surface area contributed by atoms with E-state index in [0.717, 1.165) is 5.88 Å². The second-order valence-corrected chi connectivity index (χ2v) is 7.69. The average Bonchev–Trinajstić information content (AvgIpc) is 2.45. The van der Waals surface area contributed by atoms with Gasteiger partial charge in [0.25, 0.3) is 0 Å². The Labute approximate surface area is 140 Å². The standard InChI is InChI=1S/C19H41ClN/c1-4-5-6-7-8-9-10-11-12-15-18-21(2,3)19-16-13-14-17-20/h4-19H2,1-3H3/q+1. The van der Waals surface area contributed by atoms with Crippen molar-refractivity contribution in [3.63, 3.8) is 0 Å². The highest BCUT2D eigenvalue weighted by Crippen LogP contribution is 2.12. The zero-order chi connectivity index (χ0) is 15.8. The van der Waals surface area contributed by atoms with E-state index >= 15 is 0 Å². The predicted octanol–water partition coefficient (Wildman–Crippen LogP) is 6.39. The molecule has 0 radical (unpaired) electrons. The molecule has 0 spiro atoms. The summed E-state index contributed by atoms with van der Waals surface area (Å²) in [4.78, 5) is 0. The van der Waals surface area contributed by atoms with E-state index in [-0.39, 0.29) is 0 Å². The van der Waals surface area contributed by atoms with Crippen molar-refractivity contribution in [2.75, 3.05) is 33.1 Å². The zero-order valence-electron chi connectivity index (χ0n) is 15.1. The summed E-state index contributed by atoms with van der Waals surface area (Å²) in [7, 11) is 4.77. The number of unbranched alkanes of at least 4 members (excludes halogenated alkanes) is 11. The second kappa shape index (κ2) is 15.2. The minimum atomic E-state index is 0.825. The van der Waals surface area contributed by atoms with Crippen LogP contribution in [0.3, 0.4) is 0 Å². The highest BCUT2D eigenvalue weighted by atomic mass is 35.5. The van der Waals surface area contributed by atoms with Crippen LogP contribution in [0.2, 0.25) is 0 Å². The molecule has 0 rings (SSSR count). The fourth-order valence-corrected chi connectivity index (χ4v) is 3.14. The fraction of sp³-hybridized carbons (Fsp3) is 1.00. The lowest BCUT2D eigenvalue weighted by Crippen LogP contribution is -2.41. The van der Waals surface area contributed by atoms with Crippen LogP contribution in [0.5, 0.6) is 0 Å². The number of hydrogen-bond donors (Lipinski definition) is 0. The Morgan fingerprint density at radius 2 is 0.952 bits per heavy atom. The van der Waals surface area contributed by atoms with Crippen LogP contribution in [0.15, 0.2) is 0 Å². The van der Waals surface area contributed by atoms with E-state index in [0.29, 0.717) is 0 Å². The fourth-order valence-electron chi connectivity index (χ4n) is 2.95. The molecule has 1 nitrogen and oxygen atoms in total. The Hall–Kier alpha value is 0.250. The highest BCUT2D eigenvalue weighted by molar-refractivity contribution is 6.17. The largest absolute Gasteiger partial charge is 0.328 e. The Kier molecular flexibility index (Phi) is 15.3.